The summed E-state index contributed by atoms with van der Waals surface area (Å²) in [6.07, 6.45) is 2.42. The fourth-order valence-corrected chi connectivity index (χ4v) is 3.94. The Morgan fingerprint density at radius 3 is 2.20 bits per heavy atom. The molecule has 8 heteroatoms. The Bertz CT molecular complexity index is 843. The first-order valence-electron chi connectivity index (χ1n) is 10.7. The van der Waals surface area contributed by atoms with Crippen molar-refractivity contribution < 1.29 is 9.53 Å². The van der Waals surface area contributed by atoms with E-state index in [1.807, 2.05) is 35.2 Å². The molecule has 2 aliphatic heterocycles. The SMILES string of the molecule is COc1cccc(NC(=O)N2CCN(c3ccc(N4CCC(C)CC4)nn3)CC2)c1. The normalized spacial score (nSPS) is 17.7. The van der Waals surface area contributed by atoms with Gasteiger partial charge in [-0.2, -0.15) is 0 Å². The maximum Gasteiger partial charge on any atom is 0.321 e. The number of nitrogens with zero attached hydrogens (tertiary/aromatic N) is 5. The van der Waals surface area contributed by atoms with Crippen LogP contribution in [0.25, 0.3) is 0 Å². The predicted octanol–water partition coefficient (Wildman–Crippen LogP) is 3.08. The third-order valence-electron chi connectivity index (χ3n) is 5.96. The summed E-state index contributed by atoms with van der Waals surface area (Å²) in [5.41, 5.74) is 0.732. The fraction of sp³-hybridized carbons (Fsp3) is 0.500. The van der Waals surface area contributed by atoms with Crippen molar-refractivity contribution in [3.05, 3.63) is 36.4 Å². The molecule has 3 heterocycles. The monoisotopic (exact) mass is 410 g/mol. The van der Waals surface area contributed by atoms with E-state index < -0.39 is 0 Å². The second kappa shape index (κ2) is 9.19. The van der Waals surface area contributed by atoms with Crippen molar-refractivity contribution in [3.8, 4) is 5.75 Å². The van der Waals surface area contributed by atoms with Gasteiger partial charge in [0.2, 0.25) is 0 Å². The second-order valence-electron chi connectivity index (χ2n) is 8.06. The van der Waals surface area contributed by atoms with E-state index in [0.29, 0.717) is 13.1 Å². The first-order valence-corrected chi connectivity index (χ1v) is 10.7. The summed E-state index contributed by atoms with van der Waals surface area (Å²) in [6, 6.07) is 11.4. The molecule has 0 saturated carbocycles. The average Bonchev–Trinajstić information content (AvgIpc) is 2.80. The van der Waals surface area contributed by atoms with Gasteiger partial charge < -0.3 is 24.8 Å². The largest absolute Gasteiger partial charge is 0.497 e. The number of carbonyl (C=O) groups excluding carboxylic acids is 1. The van der Waals surface area contributed by atoms with Gasteiger partial charge in [-0.25, -0.2) is 4.79 Å². The molecule has 0 spiro atoms. The van der Waals surface area contributed by atoms with Crippen LogP contribution in [0.5, 0.6) is 5.75 Å². The quantitative estimate of drug-likeness (QED) is 0.835. The van der Waals surface area contributed by atoms with E-state index in [0.717, 1.165) is 55.2 Å². The van der Waals surface area contributed by atoms with Gasteiger partial charge in [-0.3, -0.25) is 0 Å². The van der Waals surface area contributed by atoms with E-state index in [-0.39, 0.29) is 6.03 Å². The molecular weight excluding hydrogens is 380 g/mol. The van der Waals surface area contributed by atoms with Gasteiger partial charge >= 0.3 is 6.03 Å². The fourth-order valence-electron chi connectivity index (χ4n) is 3.94. The number of piperazine rings is 1. The Labute approximate surface area is 177 Å². The van der Waals surface area contributed by atoms with Crippen LogP contribution in [0.3, 0.4) is 0 Å². The number of nitrogens with one attached hydrogen (secondary N) is 1. The molecule has 2 saturated heterocycles. The lowest BCUT2D eigenvalue weighted by Crippen LogP contribution is -2.50. The summed E-state index contributed by atoms with van der Waals surface area (Å²) in [4.78, 5) is 18.9. The van der Waals surface area contributed by atoms with Crippen LogP contribution in [0.2, 0.25) is 0 Å². The molecule has 2 aliphatic rings. The number of benzene rings is 1. The summed E-state index contributed by atoms with van der Waals surface area (Å²) in [5.74, 6) is 3.35. The van der Waals surface area contributed by atoms with E-state index in [1.165, 1.54) is 12.8 Å². The lowest BCUT2D eigenvalue weighted by atomic mass is 9.99. The first kappa shape index (κ1) is 20.3. The molecule has 30 heavy (non-hydrogen) atoms. The van der Waals surface area contributed by atoms with Crippen molar-refractivity contribution in [2.75, 3.05) is 61.5 Å². The summed E-state index contributed by atoms with van der Waals surface area (Å²) >= 11 is 0. The van der Waals surface area contributed by atoms with Crippen molar-refractivity contribution in [3.63, 3.8) is 0 Å². The Balaban J connectivity index is 1.29. The number of methoxy groups -OCH3 is 1. The minimum atomic E-state index is -0.0938. The predicted molar refractivity (Wildman–Crippen MR) is 118 cm³/mol. The number of piperidine rings is 1. The van der Waals surface area contributed by atoms with E-state index in [9.17, 15) is 4.79 Å². The highest BCUT2D eigenvalue weighted by molar-refractivity contribution is 5.89. The van der Waals surface area contributed by atoms with Crippen LogP contribution in [0.4, 0.5) is 22.1 Å². The zero-order valence-corrected chi connectivity index (χ0v) is 17.8. The van der Waals surface area contributed by atoms with E-state index in [4.69, 9.17) is 4.74 Å². The van der Waals surface area contributed by atoms with Gasteiger partial charge in [-0.15, -0.1) is 10.2 Å². The maximum atomic E-state index is 12.6. The van der Waals surface area contributed by atoms with Crippen LogP contribution in [0, 0.1) is 5.92 Å². The van der Waals surface area contributed by atoms with Gasteiger partial charge in [0, 0.05) is 51.0 Å². The summed E-state index contributed by atoms with van der Waals surface area (Å²) < 4.78 is 5.21. The standard InChI is InChI=1S/C22H30N6O2/c1-17-8-10-26(11-9-17)20-6-7-21(25-24-20)27-12-14-28(15-13-27)22(29)23-18-4-3-5-19(16-18)30-2/h3-7,16-17H,8-15H2,1-2H3,(H,23,29). The summed E-state index contributed by atoms with van der Waals surface area (Å²) in [5, 5.41) is 11.9. The van der Waals surface area contributed by atoms with Gasteiger partial charge in [0.05, 0.1) is 7.11 Å². The molecule has 2 amide bonds. The molecule has 1 N–H and O–H groups in total. The molecular formula is C22H30N6O2. The van der Waals surface area contributed by atoms with E-state index in [2.05, 4.69) is 38.3 Å². The molecule has 1 aromatic heterocycles. The molecule has 0 unspecified atom stereocenters. The second-order valence-corrected chi connectivity index (χ2v) is 8.06. The Morgan fingerprint density at radius 2 is 1.60 bits per heavy atom. The van der Waals surface area contributed by atoms with Crippen molar-refractivity contribution >= 4 is 23.4 Å². The van der Waals surface area contributed by atoms with Gasteiger partial charge in [-0.05, 0) is 43.0 Å². The highest BCUT2D eigenvalue weighted by Crippen LogP contribution is 2.23. The lowest BCUT2D eigenvalue weighted by molar-refractivity contribution is 0.208. The number of rotatable bonds is 4. The van der Waals surface area contributed by atoms with Crippen molar-refractivity contribution in [2.45, 2.75) is 19.8 Å². The van der Waals surface area contributed by atoms with Gasteiger partial charge in [0.25, 0.3) is 0 Å². The minimum absolute atomic E-state index is 0.0938. The number of ether oxygens (including phenoxy) is 1. The molecule has 1 aromatic carbocycles. The van der Waals surface area contributed by atoms with Crippen LogP contribution in [-0.2, 0) is 0 Å². The highest BCUT2D eigenvalue weighted by atomic mass is 16.5. The van der Waals surface area contributed by atoms with Crippen molar-refractivity contribution in [1.82, 2.24) is 15.1 Å². The molecule has 0 bridgehead atoms. The number of urea groups is 1. The van der Waals surface area contributed by atoms with Crippen LogP contribution in [0.15, 0.2) is 36.4 Å². The van der Waals surface area contributed by atoms with Crippen molar-refractivity contribution in [2.24, 2.45) is 5.92 Å². The molecule has 160 valence electrons. The van der Waals surface area contributed by atoms with E-state index in [1.54, 1.807) is 7.11 Å². The topological polar surface area (TPSA) is 73.8 Å². The third kappa shape index (κ3) is 4.75. The Morgan fingerprint density at radius 1 is 0.967 bits per heavy atom. The Kier molecular flexibility index (Phi) is 6.21. The molecule has 0 atom stereocenters. The number of aromatic nitrogens is 2. The zero-order chi connectivity index (χ0) is 20.9. The summed E-state index contributed by atoms with van der Waals surface area (Å²) in [7, 11) is 1.61. The minimum Gasteiger partial charge on any atom is -0.497 e. The van der Waals surface area contributed by atoms with Crippen molar-refractivity contribution in [1.29, 1.82) is 0 Å². The van der Waals surface area contributed by atoms with Gasteiger partial charge in [0.1, 0.15) is 5.75 Å². The molecule has 2 fully saturated rings. The number of amides is 2. The number of anilines is 3. The molecule has 4 rings (SSSR count). The summed E-state index contributed by atoms with van der Waals surface area (Å²) in [6.45, 7) is 7.17. The molecule has 0 radical (unpaired) electrons. The lowest BCUT2D eigenvalue weighted by Gasteiger charge is -2.35. The smallest absolute Gasteiger partial charge is 0.321 e. The maximum absolute atomic E-state index is 12.6. The van der Waals surface area contributed by atoms with Crippen LogP contribution >= 0.6 is 0 Å². The first-order chi connectivity index (χ1) is 14.6. The number of hydrogen-bond donors (Lipinski definition) is 1. The van der Waals surface area contributed by atoms with E-state index >= 15 is 0 Å². The zero-order valence-electron chi connectivity index (χ0n) is 17.8. The molecule has 2 aromatic rings. The molecule has 0 aliphatic carbocycles. The van der Waals surface area contributed by atoms with Gasteiger partial charge in [0.15, 0.2) is 11.6 Å². The Hall–Kier alpha value is -3.03. The van der Waals surface area contributed by atoms with Crippen LogP contribution in [-0.4, -0.2) is 67.5 Å². The number of carbonyl (C=O) groups is 1. The van der Waals surface area contributed by atoms with Crippen LogP contribution < -0.4 is 19.9 Å². The van der Waals surface area contributed by atoms with Gasteiger partial charge in [-0.1, -0.05) is 13.0 Å². The van der Waals surface area contributed by atoms with Crippen LogP contribution in [0.1, 0.15) is 19.8 Å². The average molecular weight is 411 g/mol. The highest BCUT2D eigenvalue weighted by Gasteiger charge is 2.23. The third-order valence-corrected chi connectivity index (χ3v) is 5.96. The number of hydrogen-bond acceptors (Lipinski definition) is 6. The molecule has 8 nitrogen and oxygen atoms in total.